The molecule has 5 aromatic rings. The summed E-state index contributed by atoms with van der Waals surface area (Å²) in [6.07, 6.45) is 7.39. The predicted molar refractivity (Wildman–Crippen MR) is 179 cm³/mol. The third-order valence-corrected chi connectivity index (χ3v) is 7.68. The molecule has 0 spiro atoms. The van der Waals surface area contributed by atoms with Crippen LogP contribution in [0.3, 0.4) is 0 Å². The van der Waals surface area contributed by atoms with E-state index in [4.69, 9.17) is 27.9 Å². The van der Waals surface area contributed by atoms with Gasteiger partial charge in [0.2, 0.25) is 11.8 Å². The van der Waals surface area contributed by atoms with Crippen LogP contribution < -0.4 is 20.3 Å². The van der Waals surface area contributed by atoms with E-state index in [-0.39, 0.29) is 24.1 Å². The van der Waals surface area contributed by atoms with Crippen LogP contribution in [0.15, 0.2) is 91.4 Å². The Kier molecular flexibility index (Phi) is 10.2. The topological polar surface area (TPSA) is 126 Å². The van der Waals surface area contributed by atoms with Crippen LogP contribution in [0.1, 0.15) is 27.2 Å². The van der Waals surface area contributed by atoms with E-state index in [2.05, 4.69) is 25.6 Å². The number of rotatable bonds is 10. The Morgan fingerprint density at radius 3 is 2.54 bits per heavy atom. The molecule has 0 aliphatic carbocycles. The van der Waals surface area contributed by atoms with Crippen molar-refractivity contribution >= 4 is 69.4 Å². The van der Waals surface area contributed by atoms with Crippen molar-refractivity contribution in [3.63, 3.8) is 0 Å². The highest BCUT2D eigenvalue weighted by Crippen LogP contribution is 2.35. The van der Waals surface area contributed by atoms with E-state index in [1.54, 1.807) is 49.5 Å². The van der Waals surface area contributed by atoms with E-state index < -0.39 is 11.8 Å². The summed E-state index contributed by atoms with van der Waals surface area (Å²) in [5.41, 5.74) is 3.58. The van der Waals surface area contributed by atoms with Crippen LogP contribution >= 0.6 is 23.2 Å². The quantitative estimate of drug-likeness (QED) is 0.170. The average molecular weight is 656 g/mol. The number of halogens is 2. The monoisotopic (exact) mass is 654 g/mol. The number of aryl methyl sites for hydroxylation is 1. The molecule has 0 radical (unpaired) electrons. The molecule has 12 heteroatoms. The molecule has 0 bridgehead atoms. The number of aromatic nitrogens is 3. The van der Waals surface area contributed by atoms with E-state index in [1.807, 2.05) is 37.3 Å². The van der Waals surface area contributed by atoms with Gasteiger partial charge in [0.25, 0.3) is 5.91 Å². The molecule has 232 valence electrons. The molecule has 0 aliphatic heterocycles. The number of nitrogens with zero attached hydrogens (tertiary/aromatic N) is 4. The number of pyridine rings is 3. The minimum Gasteiger partial charge on any atom is -0.487 e. The zero-order valence-electron chi connectivity index (χ0n) is 24.8. The number of nitrogens with one attached hydrogen (secondary N) is 2. The molecule has 2 aromatic carbocycles. The van der Waals surface area contributed by atoms with E-state index in [0.29, 0.717) is 39.0 Å². The van der Waals surface area contributed by atoms with E-state index >= 15 is 0 Å². The Morgan fingerprint density at radius 2 is 1.78 bits per heavy atom. The number of likely N-dealkylation sites (N-methyl/N-ethyl adjacent to an activating group) is 1. The fourth-order valence-corrected chi connectivity index (χ4v) is 4.98. The van der Waals surface area contributed by atoms with Crippen molar-refractivity contribution in [3.8, 4) is 5.75 Å². The maximum Gasteiger partial charge on any atom is 0.256 e. The highest BCUT2D eigenvalue weighted by molar-refractivity contribution is 6.38. The number of carbonyl (C=O) groups is 3. The zero-order valence-corrected chi connectivity index (χ0v) is 26.3. The second kappa shape index (κ2) is 14.6. The number of ether oxygens (including phenoxy) is 1. The molecule has 46 heavy (non-hydrogen) atoms. The number of carbonyl (C=O) groups excluding carboxylic acids is 3. The van der Waals surface area contributed by atoms with Crippen LogP contribution in [0.25, 0.3) is 17.0 Å². The summed E-state index contributed by atoms with van der Waals surface area (Å²) >= 11 is 13.2. The highest BCUT2D eigenvalue weighted by atomic mass is 35.5. The van der Waals surface area contributed by atoms with Gasteiger partial charge in [-0.25, -0.2) is 9.97 Å². The largest absolute Gasteiger partial charge is 0.487 e. The number of benzene rings is 2. The molecule has 5 rings (SSSR count). The van der Waals surface area contributed by atoms with E-state index in [0.717, 1.165) is 16.6 Å². The lowest BCUT2D eigenvalue weighted by atomic mass is 10.1. The highest BCUT2D eigenvalue weighted by Gasteiger charge is 2.19. The lowest BCUT2D eigenvalue weighted by molar-refractivity contribution is -0.122. The first-order valence-electron chi connectivity index (χ1n) is 14.1. The third-order valence-electron chi connectivity index (χ3n) is 6.91. The van der Waals surface area contributed by atoms with Crippen LogP contribution in [0, 0.1) is 6.92 Å². The maximum absolute atomic E-state index is 13.0. The smallest absolute Gasteiger partial charge is 0.256 e. The SMILES string of the molecule is Cc1ccc2cccc(OCc3c(Cl)ccc(N(C)C(=O)CNC(=O)/C=C/c4ccc(NC(=O)c5ccncc5)nc4)c3Cl)c2n1. The van der Waals surface area contributed by atoms with Gasteiger partial charge < -0.3 is 20.3 Å². The van der Waals surface area contributed by atoms with E-state index in [1.165, 1.54) is 29.6 Å². The Hall–Kier alpha value is -5.32. The molecular formula is C34H28Cl2N6O4. The molecular weight excluding hydrogens is 627 g/mol. The Morgan fingerprint density at radius 1 is 0.978 bits per heavy atom. The van der Waals surface area contributed by atoms with Crippen LogP contribution in [-0.4, -0.2) is 46.3 Å². The summed E-state index contributed by atoms with van der Waals surface area (Å²) in [6.45, 7) is 1.69. The Labute approximate surface area is 275 Å². The predicted octanol–water partition coefficient (Wildman–Crippen LogP) is 6.26. The van der Waals surface area contributed by atoms with Crippen molar-refractivity contribution in [2.45, 2.75) is 13.5 Å². The minimum absolute atomic E-state index is 0.0523. The third kappa shape index (κ3) is 7.84. The van der Waals surface area contributed by atoms with Gasteiger partial charge in [-0.15, -0.1) is 0 Å². The first-order chi connectivity index (χ1) is 22.2. The summed E-state index contributed by atoms with van der Waals surface area (Å²) in [5.74, 6) is -0.258. The van der Waals surface area contributed by atoms with Gasteiger partial charge in [0.05, 0.1) is 17.3 Å². The van der Waals surface area contributed by atoms with Crippen LogP contribution in [-0.2, 0) is 16.2 Å². The molecule has 3 heterocycles. The van der Waals surface area contributed by atoms with Crippen molar-refractivity contribution in [1.29, 1.82) is 0 Å². The van der Waals surface area contributed by atoms with Crippen molar-refractivity contribution < 1.29 is 19.1 Å². The Bertz CT molecular complexity index is 1930. The van der Waals surface area contributed by atoms with Crippen LogP contribution in [0.5, 0.6) is 5.75 Å². The minimum atomic E-state index is -0.480. The second-order valence-electron chi connectivity index (χ2n) is 10.1. The van der Waals surface area contributed by atoms with Gasteiger partial charge in [0.15, 0.2) is 0 Å². The molecule has 2 N–H and O–H groups in total. The molecule has 0 saturated carbocycles. The lowest BCUT2D eigenvalue weighted by Crippen LogP contribution is -2.37. The van der Waals surface area contributed by atoms with Crippen LogP contribution in [0.2, 0.25) is 10.0 Å². The van der Waals surface area contributed by atoms with Gasteiger partial charge in [-0.2, -0.15) is 0 Å². The molecule has 3 aromatic heterocycles. The molecule has 10 nitrogen and oxygen atoms in total. The van der Waals surface area contributed by atoms with Crippen LogP contribution in [0.4, 0.5) is 11.5 Å². The number of anilines is 2. The zero-order chi connectivity index (χ0) is 32.6. The van der Waals surface area contributed by atoms with Gasteiger partial charge in [0.1, 0.15) is 23.7 Å². The fourth-order valence-electron chi connectivity index (χ4n) is 4.38. The average Bonchev–Trinajstić information content (AvgIpc) is 3.07. The van der Waals surface area contributed by atoms with Gasteiger partial charge in [-0.1, -0.05) is 41.4 Å². The van der Waals surface area contributed by atoms with Crippen molar-refractivity contribution in [1.82, 2.24) is 20.3 Å². The number of amides is 3. The Balaban J connectivity index is 1.16. The summed E-state index contributed by atoms with van der Waals surface area (Å²) in [4.78, 5) is 51.7. The number of fused-ring (bicyclic) bond motifs is 1. The van der Waals surface area contributed by atoms with Crippen molar-refractivity contribution in [2.24, 2.45) is 0 Å². The van der Waals surface area contributed by atoms with Gasteiger partial charge >= 0.3 is 0 Å². The standard InChI is InChI=1S/C34H28Cl2N6O4/c1-21-6-9-23-4-3-5-28(33(23)40-21)46-20-25-26(35)10-11-27(32(25)36)42(2)31(44)19-39-30(43)13-8-22-7-12-29(38-18-22)41-34(45)24-14-16-37-17-15-24/h3-18H,19-20H2,1-2H3,(H,39,43)(H,38,41,45)/b13-8+. The molecule has 3 amide bonds. The first kappa shape index (κ1) is 32.1. The lowest BCUT2D eigenvalue weighted by Gasteiger charge is -2.21. The molecule has 0 unspecified atom stereocenters. The number of hydrogen-bond acceptors (Lipinski definition) is 7. The van der Waals surface area contributed by atoms with Gasteiger partial charge in [-0.05, 0) is 67.1 Å². The summed E-state index contributed by atoms with van der Waals surface area (Å²) in [5, 5.41) is 6.84. The molecule has 0 fully saturated rings. The fraction of sp³-hybridized carbons (Fsp3) is 0.118. The van der Waals surface area contributed by atoms with Crippen molar-refractivity contribution in [2.75, 3.05) is 23.8 Å². The van der Waals surface area contributed by atoms with Gasteiger partial charge in [0, 0.05) is 58.9 Å². The van der Waals surface area contributed by atoms with Crippen molar-refractivity contribution in [3.05, 3.63) is 124 Å². The maximum atomic E-state index is 13.0. The second-order valence-corrected chi connectivity index (χ2v) is 10.9. The molecule has 0 aliphatic rings. The van der Waals surface area contributed by atoms with E-state index in [9.17, 15) is 14.4 Å². The normalized spacial score (nSPS) is 11.0. The number of para-hydroxylation sites is 1. The summed E-state index contributed by atoms with van der Waals surface area (Å²) < 4.78 is 6.08. The molecule has 0 atom stereocenters. The summed E-state index contributed by atoms with van der Waals surface area (Å²) in [7, 11) is 1.56. The number of hydrogen-bond donors (Lipinski definition) is 2. The van der Waals surface area contributed by atoms with Gasteiger partial charge in [-0.3, -0.25) is 19.4 Å². The first-order valence-corrected chi connectivity index (χ1v) is 14.8. The molecule has 0 saturated heterocycles. The summed E-state index contributed by atoms with van der Waals surface area (Å²) in [6, 6.07) is 19.3.